The van der Waals surface area contributed by atoms with Crippen molar-refractivity contribution in [1.82, 2.24) is 14.9 Å². The number of H-pyrrole nitrogens is 1. The van der Waals surface area contributed by atoms with Crippen LogP contribution in [0, 0.1) is 11.3 Å². The van der Waals surface area contributed by atoms with Gasteiger partial charge in [-0.05, 0) is 30.4 Å². The first kappa shape index (κ1) is 18.4. The highest BCUT2D eigenvalue weighted by atomic mass is 16.2. The van der Waals surface area contributed by atoms with Gasteiger partial charge >= 0.3 is 0 Å². The first-order chi connectivity index (χ1) is 12.2. The molecule has 0 bridgehead atoms. The molecule has 5 heteroatoms. The summed E-state index contributed by atoms with van der Waals surface area (Å²) in [7, 11) is 0. The summed E-state index contributed by atoms with van der Waals surface area (Å²) in [6, 6.07) is 7.80. The van der Waals surface area contributed by atoms with Gasteiger partial charge in [-0.3, -0.25) is 14.5 Å². The highest BCUT2D eigenvalue weighted by Crippen LogP contribution is 2.31. The molecule has 1 atom stereocenters. The lowest BCUT2D eigenvalue weighted by molar-refractivity contribution is -0.139. The number of para-hydroxylation sites is 2. The zero-order valence-corrected chi connectivity index (χ0v) is 15.8. The van der Waals surface area contributed by atoms with Crippen molar-refractivity contribution < 1.29 is 9.59 Å². The van der Waals surface area contributed by atoms with Crippen molar-refractivity contribution in [2.24, 2.45) is 11.3 Å². The van der Waals surface area contributed by atoms with E-state index in [1.165, 1.54) is 4.90 Å². The number of rotatable bonds is 6. The summed E-state index contributed by atoms with van der Waals surface area (Å²) in [5, 5.41) is 0. The van der Waals surface area contributed by atoms with E-state index in [-0.39, 0.29) is 23.1 Å². The Kier molecular flexibility index (Phi) is 4.99. The smallest absolute Gasteiger partial charge is 0.233 e. The number of aromatic nitrogens is 2. The van der Waals surface area contributed by atoms with Gasteiger partial charge in [-0.25, -0.2) is 4.98 Å². The third-order valence-electron chi connectivity index (χ3n) is 4.66. The lowest BCUT2D eigenvalue weighted by atomic mass is 9.85. The van der Waals surface area contributed by atoms with E-state index >= 15 is 0 Å². The van der Waals surface area contributed by atoms with Crippen LogP contribution >= 0.6 is 0 Å². The molecule has 0 saturated carbocycles. The van der Waals surface area contributed by atoms with Crippen molar-refractivity contribution in [1.29, 1.82) is 0 Å². The SMILES string of the molecule is C=C(CC1CC(=O)N(CCc2nc3ccccc3[nH]2)C1=O)CC(C)(C)C. The number of benzene rings is 1. The minimum absolute atomic E-state index is 0.0684. The molecule has 1 fully saturated rings. The van der Waals surface area contributed by atoms with Gasteiger partial charge in [-0.15, -0.1) is 0 Å². The van der Waals surface area contributed by atoms with E-state index in [9.17, 15) is 9.59 Å². The van der Waals surface area contributed by atoms with E-state index in [0.717, 1.165) is 28.9 Å². The monoisotopic (exact) mass is 353 g/mol. The molecule has 26 heavy (non-hydrogen) atoms. The van der Waals surface area contributed by atoms with Gasteiger partial charge in [-0.1, -0.05) is 45.1 Å². The minimum atomic E-state index is -0.256. The maximum Gasteiger partial charge on any atom is 0.233 e. The molecule has 5 nitrogen and oxygen atoms in total. The quantitative estimate of drug-likeness (QED) is 0.633. The van der Waals surface area contributed by atoms with Crippen molar-refractivity contribution in [3.63, 3.8) is 0 Å². The Hall–Kier alpha value is -2.43. The summed E-state index contributed by atoms with van der Waals surface area (Å²) in [5.74, 6) is 0.390. The Morgan fingerprint density at radius 1 is 1.31 bits per heavy atom. The number of fused-ring (bicyclic) bond motifs is 1. The molecule has 2 aromatic rings. The summed E-state index contributed by atoms with van der Waals surface area (Å²) in [4.78, 5) is 34.1. The molecule has 2 heterocycles. The fourth-order valence-corrected chi connectivity index (χ4v) is 3.66. The minimum Gasteiger partial charge on any atom is -0.342 e. The number of nitrogens with zero attached hydrogens (tertiary/aromatic N) is 2. The van der Waals surface area contributed by atoms with Gasteiger partial charge in [0.2, 0.25) is 11.8 Å². The molecule has 2 amide bonds. The van der Waals surface area contributed by atoms with Crippen LogP contribution in [0.15, 0.2) is 36.4 Å². The fourth-order valence-electron chi connectivity index (χ4n) is 3.66. The van der Waals surface area contributed by atoms with Gasteiger partial charge in [-0.2, -0.15) is 0 Å². The van der Waals surface area contributed by atoms with Gasteiger partial charge in [0.15, 0.2) is 0 Å². The molecule has 1 saturated heterocycles. The van der Waals surface area contributed by atoms with Crippen molar-refractivity contribution in [3.8, 4) is 0 Å². The van der Waals surface area contributed by atoms with E-state index in [1.54, 1.807) is 0 Å². The van der Waals surface area contributed by atoms with Crippen molar-refractivity contribution in [2.45, 2.75) is 46.5 Å². The maximum atomic E-state index is 12.6. The van der Waals surface area contributed by atoms with Gasteiger partial charge < -0.3 is 4.98 Å². The zero-order valence-electron chi connectivity index (χ0n) is 15.8. The van der Waals surface area contributed by atoms with Crippen LogP contribution in [-0.4, -0.2) is 33.2 Å². The van der Waals surface area contributed by atoms with Crippen LogP contribution in [0.25, 0.3) is 11.0 Å². The highest BCUT2D eigenvalue weighted by molar-refractivity contribution is 6.03. The number of allylic oxidation sites excluding steroid dienone is 1. The molecule has 1 aliphatic heterocycles. The highest BCUT2D eigenvalue weighted by Gasteiger charge is 2.38. The molecule has 0 spiro atoms. The molecule has 1 aromatic heterocycles. The molecule has 138 valence electrons. The Balaban J connectivity index is 1.59. The predicted octanol–water partition coefficient (Wildman–Crippen LogP) is 3.86. The number of hydrogen-bond donors (Lipinski definition) is 1. The first-order valence-electron chi connectivity index (χ1n) is 9.17. The third kappa shape index (κ3) is 4.21. The van der Waals surface area contributed by atoms with E-state index in [4.69, 9.17) is 0 Å². The number of nitrogens with one attached hydrogen (secondary N) is 1. The summed E-state index contributed by atoms with van der Waals surface area (Å²) in [6.45, 7) is 10.9. The molecule has 1 unspecified atom stereocenters. The Morgan fingerprint density at radius 2 is 2.04 bits per heavy atom. The normalized spacial score (nSPS) is 18.1. The number of carbonyl (C=O) groups excluding carboxylic acids is 2. The van der Waals surface area contributed by atoms with Crippen LogP contribution in [-0.2, 0) is 16.0 Å². The second kappa shape index (κ2) is 7.06. The van der Waals surface area contributed by atoms with Crippen molar-refractivity contribution in [3.05, 3.63) is 42.2 Å². The number of amides is 2. The second-order valence-electron chi connectivity index (χ2n) is 8.43. The molecule has 1 N–H and O–H groups in total. The Morgan fingerprint density at radius 3 is 2.73 bits per heavy atom. The largest absolute Gasteiger partial charge is 0.342 e. The number of likely N-dealkylation sites (tertiary alicyclic amines) is 1. The van der Waals surface area contributed by atoms with E-state index in [1.807, 2.05) is 24.3 Å². The summed E-state index contributed by atoms with van der Waals surface area (Å²) in [6.07, 6.45) is 2.30. The van der Waals surface area contributed by atoms with Crippen LogP contribution in [0.1, 0.15) is 45.9 Å². The van der Waals surface area contributed by atoms with Gasteiger partial charge in [0, 0.05) is 19.4 Å². The fraction of sp³-hybridized carbons (Fsp3) is 0.476. The van der Waals surface area contributed by atoms with Crippen LogP contribution in [0.4, 0.5) is 0 Å². The zero-order chi connectivity index (χ0) is 18.9. The summed E-state index contributed by atoms with van der Waals surface area (Å²) in [5.41, 5.74) is 3.06. The van der Waals surface area contributed by atoms with E-state index < -0.39 is 0 Å². The lowest BCUT2D eigenvalue weighted by Gasteiger charge is -2.21. The van der Waals surface area contributed by atoms with Crippen molar-refractivity contribution in [2.75, 3.05) is 6.54 Å². The standard InChI is InChI=1S/C21H27N3O2/c1-14(13-21(2,3)4)11-15-12-19(25)24(20(15)26)10-9-18-22-16-7-5-6-8-17(16)23-18/h5-8,15H,1,9-13H2,2-4H3,(H,22,23). The molecular weight excluding hydrogens is 326 g/mol. The average molecular weight is 353 g/mol. The summed E-state index contributed by atoms with van der Waals surface area (Å²) < 4.78 is 0. The third-order valence-corrected chi connectivity index (χ3v) is 4.66. The van der Waals surface area contributed by atoms with E-state index in [0.29, 0.717) is 25.8 Å². The van der Waals surface area contributed by atoms with Gasteiger partial charge in [0.1, 0.15) is 5.82 Å². The predicted molar refractivity (Wildman–Crippen MR) is 102 cm³/mol. The Labute approximate surface area is 154 Å². The first-order valence-corrected chi connectivity index (χ1v) is 9.17. The van der Waals surface area contributed by atoms with Crippen molar-refractivity contribution >= 4 is 22.8 Å². The molecule has 0 aliphatic carbocycles. The van der Waals surface area contributed by atoms with Gasteiger partial charge in [0.25, 0.3) is 0 Å². The van der Waals surface area contributed by atoms with Crippen LogP contribution in [0.2, 0.25) is 0 Å². The number of aromatic amines is 1. The van der Waals surface area contributed by atoms with E-state index in [2.05, 4.69) is 37.3 Å². The van der Waals surface area contributed by atoms with Crippen LogP contribution in [0.3, 0.4) is 0 Å². The van der Waals surface area contributed by atoms with Crippen LogP contribution < -0.4 is 0 Å². The lowest BCUT2D eigenvalue weighted by Crippen LogP contribution is -2.32. The average Bonchev–Trinajstić information content (AvgIpc) is 3.05. The summed E-state index contributed by atoms with van der Waals surface area (Å²) >= 11 is 0. The second-order valence-corrected chi connectivity index (χ2v) is 8.43. The maximum absolute atomic E-state index is 12.6. The molecule has 0 radical (unpaired) electrons. The molecule has 1 aliphatic rings. The Bertz CT molecular complexity index is 811. The molecular formula is C21H27N3O2. The van der Waals surface area contributed by atoms with Gasteiger partial charge in [0.05, 0.1) is 17.0 Å². The molecule has 3 rings (SSSR count). The van der Waals surface area contributed by atoms with Crippen LogP contribution in [0.5, 0.6) is 0 Å². The molecule has 1 aromatic carbocycles. The number of imide groups is 1. The topological polar surface area (TPSA) is 66.1 Å². The number of carbonyl (C=O) groups is 2. The number of imidazole rings is 1. The number of hydrogen-bond acceptors (Lipinski definition) is 3.